The molecule has 0 atom stereocenters. The number of amides is 2. The molecule has 0 aliphatic heterocycles. The van der Waals surface area contributed by atoms with Gasteiger partial charge in [0.1, 0.15) is 0 Å². The van der Waals surface area contributed by atoms with Crippen LogP contribution in [0.2, 0.25) is 0 Å². The van der Waals surface area contributed by atoms with Crippen molar-refractivity contribution in [2.45, 2.75) is 11.3 Å². The summed E-state index contributed by atoms with van der Waals surface area (Å²) < 4.78 is 39.0. The Balaban J connectivity index is 1.66. The molecule has 0 unspecified atom stereocenters. The highest BCUT2D eigenvalue weighted by Crippen LogP contribution is 2.34. The molecule has 2 amide bonds. The number of carbonyl (C=O) groups excluding carboxylic acids is 2. The molecule has 13 heteroatoms. The van der Waals surface area contributed by atoms with E-state index in [1.54, 1.807) is 17.5 Å². The van der Waals surface area contributed by atoms with Crippen molar-refractivity contribution in [3.63, 3.8) is 0 Å². The van der Waals surface area contributed by atoms with Gasteiger partial charge in [0.15, 0.2) is 16.7 Å². The average Bonchev–Trinajstić information content (AvgIpc) is 3.23. The van der Waals surface area contributed by atoms with E-state index in [1.807, 2.05) is 0 Å². The Morgan fingerprint density at radius 2 is 1.90 bits per heavy atom. The van der Waals surface area contributed by atoms with Crippen LogP contribution in [0.1, 0.15) is 15.2 Å². The molecule has 0 bridgehead atoms. The first-order valence-electron chi connectivity index (χ1n) is 8.48. The molecule has 0 saturated heterocycles. The van der Waals surface area contributed by atoms with Gasteiger partial charge in [-0.3, -0.25) is 19.4 Å². The quantitative estimate of drug-likeness (QED) is 0.323. The average molecular weight is 469 g/mol. The lowest BCUT2D eigenvalue weighted by Crippen LogP contribution is -2.23. The Hall–Kier alpha value is -3.32. The summed E-state index contributed by atoms with van der Waals surface area (Å²) in [5, 5.41) is 6.22. The fraction of sp³-hybridized carbons (Fsp3) is 0.111. The second-order valence-corrected chi connectivity index (χ2v) is 7.85. The molecule has 2 heterocycles. The Labute approximate surface area is 181 Å². The van der Waals surface area contributed by atoms with Crippen LogP contribution in [0.25, 0.3) is 0 Å². The van der Waals surface area contributed by atoms with E-state index < -0.39 is 29.1 Å². The van der Waals surface area contributed by atoms with E-state index in [-0.39, 0.29) is 28.1 Å². The Morgan fingerprint density at radius 1 is 1.16 bits per heavy atom. The van der Waals surface area contributed by atoms with E-state index >= 15 is 0 Å². The highest BCUT2D eigenvalue weighted by molar-refractivity contribution is 7.99. The van der Waals surface area contributed by atoms with Gasteiger partial charge in [0.05, 0.1) is 21.9 Å². The molecule has 1 aromatic carbocycles. The molecule has 0 spiro atoms. The van der Waals surface area contributed by atoms with Crippen LogP contribution in [0.5, 0.6) is 0 Å². The zero-order valence-corrected chi connectivity index (χ0v) is 17.1. The van der Waals surface area contributed by atoms with Crippen LogP contribution in [0.3, 0.4) is 0 Å². The first-order chi connectivity index (χ1) is 14.6. The van der Waals surface area contributed by atoms with Crippen molar-refractivity contribution in [2.75, 3.05) is 22.1 Å². The number of hydrogen-bond donors (Lipinski definition) is 4. The largest absolute Gasteiger partial charge is 0.418 e. The topological polar surface area (TPSA) is 130 Å². The summed E-state index contributed by atoms with van der Waals surface area (Å²) in [6.45, 7) is 0. The van der Waals surface area contributed by atoms with Crippen molar-refractivity contribution in [2.24, 2.45) is 0 Å². The van der Waals surface area contributed by atoms with Crippen LogP contribution < -0.4 is 21.9 Å². The maximum Gasteiger partial charge on any atom is 0.418 e. The third-order valence-corrected chi connectivity index (χ3v) is 5.50. The third-order valence-electron chi connectivity index (χ3n) is 3.76. The van der Waals surface area contributed by atoms with Crippen molar-refractivity contribution in [3.05, 3.63) is 62.6 Å². The number of thiophene rings is 1. The number of nitrogen functional groups attached to an aromatic ring is 1. The third kappa shape index (κ3) is 5.64. The number of hydrogen-bond acceptors (Lipinski definition) is 7. The van der Waals surface area contributed by atoms with E-state index in [0.717, 1.165) is 23.9 Å². The van der Waals surface area contributed by atoms with Gasteiger partial charge in [-0.2, -0.15) is 13.2 Å². The Kier molecular flexibility index (Phi) is 6.65. The summed E-state index contributed by atoms with van der Waals surface area (Å²) >= 11 is 1.94. The summed E-state index contributed by atoms with van der Waals surface area (Å²) in [7, 11) is 0. The van der Waals surface area contributed by atoms with Gasteiger partial charge in [0, 0.05) is 0 Å². The summed E-state index contributed by atoms with van der Waals surface area (Å²) in [6.07, 6.45) is -4.62. The fourth-order valence-electron chi connectivity index (χ4n) is 2.40. The minimum Gasteiger partial charge on any atom is -0.382 e. The number of para-hydroxylation sites is 1. The predicted octanol–water partition coefficient (Wildman–Crippen LogP) is 3.42. The van der Waals surface area contributed by atoms with Gasteiger partial charge in [0.2, 0.25) is 5.91 Å². The minimum atomic E-state index is -4.62. The molecule has 31 heavy (non-hydrogen) atoms. The maximum atomic E-state index is 13.0. The van der Waals surface area contributed by atoms with Crippen molar-refractivity contribution >= 4 is 52.1 Å². The molecule has 0 fully saturated rings. The number of nitrogens with two attached hydrogens (primary N) is 1. The number of anilines is 3. The number of carbonyl (C=O) groups is 2. The van der Waals surface area contributed by atoms with Gasteiger partial charge in [-0.1, -0.05) is 30.0 Å². The molecule has 3 rings (SSSR count). The van der Waals surface area contributed by atoms with Crippen molar-refractivity contribution in [1.29, 1.82) is 0 Å². The molecule has 2 aromatic heterocycles. The number of rotatable bonds is 6. The molecule has 5 N–H and O–H groups in total. The lowest BCUT2D eigenvalue weighted by atomic mass is 10.1. The number of aromatic amines is 1. The predicted molar refractivity (Wildman–Crippen MR) is 112 cm³/mol. The van der Waals surface area contributed by atoms with Crippen molar-refractivity contribution < 1.29 is 22.8 Å². The number of nitrogens with one attached hydrogen (secondary N) is 3. The lowest BCUT2D eigenvalue weighted by Gasteiger charge is -2.13. The number of nitrogens with zero attached hydrogens (tertiary/aromatic N) is 1. The summed E-state index contributed by atoms with van der Waals surface area (Å²) in [5.41, 5.74) is 3.40. The van der Waals surface area contributed by atoms with Crippen LogP contribution in [0.4, 0.5) is 30.4 Å². The van der Waals surface area contributed by atoms with Crippen LogP contribution in [0, 0.1) is 0 Å². The highest BCUT2D eigenvalue weighted by atomic mass is 32.2. The first kappa shape index (κ1) is 22.4. The molecule has 0 radical (unpaired) electrons. The second-order valence-electron chi connectivity index (χ2n) is 5.94. The number of halogens is 3. The number of alkyl halides is 3. The zero-order chi connectivity index (χ0) is 22.6. The smallest absolute Gasteiger partial charge is 0.382 e. The van der Waals surface area contributed by atoms with E-state index in [1.165, 1.54) is 23.5 Å². The van der Waals surface area contributed by atoms with Crippen LogP contribution in [0.15, 0.2) is 51.7 Å². The SMILES string of the molecule is Nc1nc(SCC(=O)Nc2ccccc2C(F)(F)F)[nH]c(=O)c1NC(=O)c1cccs1. The molecular weight excluding hydrogens is 455 g/mol. The second kappa shape index (κ2) is 9.22. The van der Waals surface area contributed by atoms with E-state index in [0.29, 0.717) is 4.88 Å². The lowest BCUT2D eigenvalue weighted by molar-refractivity contribution is -0.137. The van der Waals surface area contributed by atoms with Gasteiger partial charge in [-0.25, -0.2) is 4.98 Å². The minimum absolute atomic E-state index is 0.0316. The monoisotopic (exact) mass is 469 g/mol. The van der Waals surface area contributed by atoms with Crippen LogP contribution in [-0.4, -0.2) is 27.5 Å². The summed E-state index contributed by atoms with van der Waals surface area (Å²) in [6, 6.07) is 7.80. The Morgan fingerprint density at radius 3 is 2.55 bits per heavy atom. The van der Waals surface area contributed by atoms with Gasteiger partial charge in [0.25, 0.3) is 11.5 Å². The Bertz CT molecular complexity index is 1160. The number of H-pyrrole nitrogens is 1. The number of aromatic nitrogens is 2. The van der Waals surface area contributed by atoms with E-state index in [4.69, 9.17) is 5.73 Å². The van der Waals surface area contributed by atoms with Crippen molar-refractivity contribution in [1.82, 2.24) is 9.97 Å². The summed E-state index contributed by atoms with van der Waals surface area (Å²) in [5.74, 6) is -1.87. The first-order valence-corrected chi connectivity index (χ1v) is 10.3. The van der Waals surface area contributed by atoms with Gasteiger partial charge < -0.3 is 16.4 Å². The molecule has 3 aromatic rings. The number of benzene rings is 1. The fourth-order valence-corrected chi connectivity index (χ4v) is 3.69. The maximum absolute atomic E-state index is 13.0. The molecule has 0 aliphatic carbocycles. The molecule has 0 saturated carbocycles. The standard InChI is InChI=1S/C18H14F3N5O3S2/c19-18(20,21)9-4-1-2-5-10(9)23-12(27)8-31-17-25-14(22)13(16(29)26-17)24-15(28)11-6-3-7-30-11/h1-7H,8H2,(H,23,27)(H,24,28)(H3,22,25,26,29). The van der Waals surface area contributed by atoms with E-state index in [2.05, 4.69) is 20.6 Å². The highest BCUT2D eigenvalue weighted by Gasteiger charge is 2.33. The molecule has 0 aliphatic rings. The van der Waals surface area contributed by atoms with Gasteiger partial charge >= 0.3 is 6.18 Å². The van der Waals surface area contributed by atoms with Gasteiger partial charge in [-0.05, 0) is 23.6 Å². The number of thioether (sulfide) groups is 1. The summed E-state index contributed by atoms with van der Waals surface area (Å²) in [4.78, 5) is 43.0. The molecular formula is C18H14F3N5O3S2. The van der Waals surface area contributed by atoms with Gasteiger partial charge in [-0.15, -0.1) is 11.3 Å². The molecule has 8 nitrogen and oxygen atoms in total. The van der Waals surface area contributed by atoms with Crippen LogP contribution >= 0.6 is 23.1 Å². The van der Waals surface area contributed by atoms with Crippen molar-refractivity contribution in [3.8, 4) is 0 Å². The normalized spacial score (nSPS) is 11.2. The molecule has 162 valence electrons. The van der Waals surface area contributed by atoms with Crippen LogP contribution in [-0.2, 0) is 11.0 Å². The zero-order valence-electron chi connectivity index (χ0n) is 15.4. The van der Waals surface area contributed by atoms with E-state index in [9.17, 15) is 27.6 Å².